The Hall–Kier alpha value is -1.19. The average molecular weight is 232 g/mol. The highest BCUT2D eigenvalue weighted by molar-refractivity contribution is 7.11. The zero-order chi connectivity index (χ0) is 11.4. The predicted octanol–water partition coefficient (Wildman–Crippen LogP) is 2.54. The van der Waals surface area contributed by atoms with Crippen LogP contribution in [0.5, 0.6) is 0 Å². The molecule has 0 aliphatic rings. The summed E-state index contributed by atoms with van der Waals surface area (Å²) in [5.41, 5.74) is 8.17. The lowest BCUT2D eigenvalue weighted by Crippen LogP contribution is -2.01. The van der Waals surface area contributed by atoms with Gasteiger partial charge in [-0.3, -0.25) is 0 Å². The molecule has 0 atom stereocenters. The fourth-order valence-electron chi connectivity index (χ4n) is 1.69. The Morgan fingerprint density at radius 1 is 1.38 bits per heavy atom. The van der Waals surface area contributed by atoms with Gasteiger partial charge in [0, 0.05) is 23.9 Å². The Morgan fingerprint density at radius 2 is 2.25 bits per heavy atom. The number of rotatable bonds is 4. The lowest BCUT2D eigenvalue weighted by molar-refractivity contribution is 0.952. The lowest BCUT2D eigenvalue weighted by Gasteiger charge is -1.99. The molecule has 0 saturated heterocycles. The number of hydrogen-bond acceptors (Lipinski definition) is 3. The number of nitrogens with zero attached hydrogens (tertiary/aromatic N) is 1. The Kier molecular flexibility index (Phi) is 3.70. The van der Waals surface area contributed by atoms with Gasteiger partial charge in [0.15, 0.2) is 0 Å². The maximum Gasteiger partial charge on any atom is 0.0940 e. The van der Waals surface area contributed by atoms with Crippen LogP contribution in [0.4, 0.5) is 0 Å². The van der Waals surface area contributed by atoms with E-state index in [1.165, 1.54) is 16.0 Å². The second-order valence-corrected chi connectivity index (χ2v) is 5.12. The monoisotopic (exact) mass is 232 g/mol. The van der Waals surface area contributed by atoms with E-state index in [0.29, 0.717) is 6.54 Å². The summed E-state index contributed by atoms with van der Waals surface area (Å²) in [5.74, 6) is 0. The number of thiazole rings is 1. The third-order valence-electron chi connectivity index (χ3n) is 2.42. The number of aryl methyl sites for hydroxylation is 1. The summed E-state index contributed by atoms with van der Waals surface area (Å²) in [5, 5.41) is 1.14. The van der Waals surface area contributed by atoms with Crippen molar-refractivity contribution in [3.8, 4) is 0 Å². The first-order valence-electron chi connectivity index (χ1n) is 5.47. The molecule has 0 bridgehead atoms. The maximum atomic E-state index is 5.51. The molecule has 0 unspecified atom stereocenters. The first-order valence-corrected chi connectivity index (χ1v) is 6.29. The molecule has 0 aliphatic heterocycles. The minimum Gasteiger partial charge on any atom is -0.330 e. The number of hydrogen-bond donors (Lipinski definition) is 1. The van der Waals surface area contributed by atoms with Gasteiger partial charge in [-0.1, -0.05) is 29.8 Å². The third-order valence-corrected chi connectivity index (χ3v) is 3.48. The summed E-state index contributed by atoms with van der Waals surface area (Å²) < 4.78 is 0. The Labute approximate surface area is 100 Å². The number of nitrogens with two attached hydrogens (primary N) is 1. The van der Waals surface area contributed by atoms with Gasteiger partial charge in [0.1, 0.15) is 0 Å². The van der Waals surface area contributed by atoms with E-state index in [0.717, 1.165) is 17.8 Å². The number of benzene rings is 1. The molecular weight excluding hydrogens is 216 g/mol. The van der Waals surface area contributed by atoms with Crippen LogP contribution >= 0.6 is 11.3 Å². The summed E-state index contributed by atoms with van der Waals surface area (Å²) >= 11 is 1.77. The van der Waals surface area contributed by atoms with Gasteiger partial charge in [-0.05, 0) is 19.0 Å². The fraction of sp³-hybridized carbons (Fsp3) is 0.308. The van der Waals surface area contributed by atoms with Gasteiger partial charge in [0.05, 0.1) is 5.01 Å². The molecular formula is C13H16N2S. The molecule has 84 valence electrons. The van der Waals surface area contributed by atoms with E-state index in [4.69, 9.17) is 5.73 Å². The molecule has 3 heteroatoms. The molecule has 1 heterocycles. The standard InChI is InChI=1S/C13H16N2S/c1-10-3-2-4-11(7-10)8-12-9-15-13(16-12)5-6-14/h2-4,7,9H,5-6,8,14H2,1H3. The minimum absolute atomic E-state index is 0.678. The van der Waals surface area contributed by atoms with Crippen LogP contribution in [-0.2, 0) is 12.8 Å². The molecule has 0 spiro atoms. The second kappa shape index (κ2) is 5.23. The second-order valence-electron chi connectivity index (χ2n) is 3.92. The first kappa shape index (κ1) is 11.3. The highest BCUT2D eigenvalue weighted by atomic mass is 32.1. The molecule has 2 rings (SSSR count). The van der Waals surface area contributed by atoms with Crippen molar-refractivity contribution < 1.29 is 0 Å². The van der Waals surface area contributed by atoms with E-state index in [2.05, 4.69) is 36.2 Å². The summed E-state index contributed by atoms with van der Waals surface area (Å²) in [6.07, 6.45) is 3.83. The van der Waals surface area contributed by atoms with E-state index in [1.54, 1.807) is 11.3 Å². The largest absolute Gasteiger partial charge is 0.330 e. The van der Waals surface area contributed by atoms with E-state index in [-0.39, 0.29) is 0 Å². The molecule has 1 aromatic heterocycles. The van der Waals surface area contributed by atoms with E-state index in [1.807, 2.05) is 6.20 Å². The van der Waals surface area contributed by atoms with Crippen LogP contribution in [0.15, 0.2) is 30.5 Å². The van der Waals surface area contributed by atoms with Crippen molar-refractivity contribution in [2.75, 3.05) is 6.54 Å². The van der Waals surface area contributed by atoms with Gasteiger partial charge in [-0.15, -0.1) is 11.3 Å². The Morgan fingerprint density at radius 3 is 3.00 bits per heavy atom. The highest BCUT2D eigenvalue weighted by Crippen LogP contribution is 2.18. The van der Waals surface area contributed by atoms with E-state index >= 15 is 0 Å². The van der Waals surface area contributed by atoms with Crippen molar-refractivity contribution >= 4 is 11.3 Å². The molecule has 2 nitrogen and oxygen atoms in total. The molecule has 1 aromatic carbocycles. The maximum absolute atomic E-state index is 5.51. The smallest absolute Gasteiger partial charge is 0.0940 e. The van der Waals surface area contributed by atoms with E-state index in [9.17, 15) is 0 Å². The molecule has 0 amide bonds. The first-order chi connectivity index (χ1) is 7.78. The van der Waals surface area contributed by atoms with Crippen molar-refractivity contribution in [2.24, 2.45) is 5.73 Å². The molecule has 0 saturated carbocycles. The third kappa shape index (κ3) is 2.90. The molecule has 0 fully saturated rings. The van der Waals surface area contributed by atoms with Crippen LogP contribution in [0.3, 0.4) is 0 Å². The lowest BCUT2D eigenvalue weighted by atomic mass is 10.1. The topological polar surface area (TPSA) is 38.9 Å². The Balaban J connectivity index is 2.08. The van der Waals surface area contributed by atoms with Crippen molar-refractivity contribution in [1.29, 1.82) is 0 Å². The molecule has 0 radical (unpaired) electrons. The zero-order valence-electron chi connectivity index (χ0n) is 9.44. The van der Waals surface area contributed by atoms with Crippen molar-refractivity contribution in [3.63, 3.8) is 0 Å². The normalized spacial score (nSPS) is 10.6. The predicted molar refractivity (Wildman–Crippen MR) is 68.9 cm³/mol. The highest BCUT2D eigenvalue weighted by Gasteiger charge is 2.02. The van der Waals surface area contributed by atoms with Crippen LogP contribution in [-0.4, -0.2) is 11.5 Å². The van der Waals surface area contributed by atoms with Crippen LogP contribution in [0, 0.1) is 6.92 Å². The molecule has 2 aromatic rings. The van der Waals surface area contributed by atoms with Gasteiger partial charge in [0.2, 0.25) is 0 Å². The van der Waals surface area contributed by atoms with Gasteiger partial charge in [0.25, 0.3) is 0 Å². The van der Waals surface area contributed by atoms with Crippen LogP contribution in [0.2, 0.25) is 0 Å². The van der Waals surface area contributed by atoms with Crippen LogP contribution in [0.25, 0.3) is 0 Å². The molecule has 0 aliphatic carbocycles. The van der Waals surface area contributed by atoms with Gasteiger partial charge in [-0.2, -0.15) is 0 Å². The van der Waals surface area contributed by atoms with Gasteiger partial charge >= 0.3 is 0 Å². The number of aromatic nitrogens is 1. The summed E-state index contributed by atoms with van der Waals surface area (Å²) in [6.45, 7) is 2.80. The van der Waals surface area contributed by atoms with E-state index < -0.39 is 0 Å². The minimum atomic E-state index is 0.678. The summed E-state index contributed by atoms with van der Waals surface area (Å²) in [7, 11) is 0. The fourth-order valence-corrected chi connectivity index (χ4v) is 2.66. The molecule has 2 N–H and O–H groups in total. The quantitative estimate of drug-likeness (QED) is 0.880. The average Bonchev–Trinajstić information content (AvgIpc) is 2.66. The van der Waals surface area contributed by atoms with Gasteiger partial charge < -0.3 is 5.73 Å². The van der Waals surface area contributed by atoms with Crippen molar-refractivity contribution in [1.82, 2.24) is 4.98 Å². The van der Waals surface area contributed by atoms with Crippen molar-refractivity contribution in [3.05, 3.63) is 51.5 Å². The van der Waals surface area contributed by atoms with Crippen LogP contribution < -0.4 is 5.73 Å². The summed E-state index contributed by atoms with van der Waals surface area (Å²) in [4.78, 5) is 5.68. The summed E-state index contributed by atoms with van der Waals surface area (Å²) in [6, 6.07) is 8.61. The molecule has 16 heavy (non-hydrogen) atoms. The SMILES string of the molecule is Cc1cccc(Cc2cnc(CCN)s2)c1. The van der Waals surface area contributed by atoms with Gasteiger partial charge in [-0.25, -0.2) is 4.98 Å². The van der Waals surface area contributed by atoms with Crippen LogP contribution in [0.1, 0.15) is 21.0 Å². The van der Waals surface area contributed by atoms with Crippen molar-refractivity contribution in [2.45, 2.75) is 19.8 Å². The Bertz CT molecular complexity index is 462. The zero-order valence-corrected chi connectivity index (χ0v) is 10.3.